The van der Waals surface area contributed by atoms with E-state index >= 15 is 0 Å². The lowest BCUT2D eigenvalue weighted by Gasteiger charge is -2.21. The summed E-state index contributed by atoms with van der Waals surface area (Å²) in [6, 6.07) is -0.809. The first-order valence-corrected chi connectivity index (χ1v) is 5.18. The van der Waals surface area contributed by atoms with Crippen molar-refractivity contribution in [1.29, 1.82) is 0 Å². The zero-order chi connectivity index (χ0) is 13.6. The molecule has 1 unspecified atom stereocenters. The van der Waals surface area contributed by atoms with Gasteiger partial charge in [0, 0.05) is 6.92 Å². The lowest BCUT2D eigenvalue weighted by molar-refractivity contribution is -0.128. The zero-order valence-corrected chi connectivity index (χ0v) is 10.7. The average Bonchev–Trinajstić information content (AvgIpc) is 2.10. The minimum atomic E-state index is -0.809. The van der Waals surface area contributed by atoms with E-state index < -0.39 is 29.6 Å². The van der Waals surface area contributed by atoms with Gasteiger partial charge >= 0.3 is 6.09 Å². The lowest BCUT2D eigenvalue weighted by atomic mass is 10.2. The largest absolute Gasteiger partial charge is 0.444 e. The molecule has 0 heterocycles. The maximum Gasteiger partial charge on any atom is 0.408 e. The summed E-state index contributed by atoms with van der Waals surface area (Å²) >= 11 is 0. The summed E-state index contributed by atoms with van der Waals surface area (Å²) in [5.41, 5.74) is 3.63. The van der Waals surface area contributed by atoms with E-state index in [1.54, 1.807) is 20.8 Å². The second kappa shape index (κ2) is 6.07. The fourth-order valence-corrected chi connectivity index (χ4v) is 0.808. The van der Waals surface area contributed by atoms with Crippen LogP contribution in [-0.4, -0.2) is 29.6 Å². The van der Waals surface area contributed by atoms with Gasteiger partial charge in [-0.05, 0) is 27.7 Å². The summed E-state index contributed by atoms with van der Waals surface area (Å²) < 4.78 is 4.97. The second-order valence-corrected chi connectivity index (χ2v) is 4.54. The highest BCUT2D eigenvalue weighted by atomic mass is 16.6. The Morgan fingerprint density at radius 2 is 1.65 bits per heavy atom. The van der Waals surface area contributed by atoms with Crippen molar-refractivity contribution in [2.24, 2.45) is 0 Å². The first-order chi connectivity index (χ1) is 7.61. The van der Waals surface area contributed by atoms with Gasteiger partial charge in [-0.2, -0.15) is 0 Å². The van der Waals surface area contributed by atoms with E-state index in [-0.39, 0.29) is 0 Å². The van der Waals surface area contributed by atoms with Crippen LogP contribution in [0.3, 0.4) is 0 Å². The van der Waals surface area contributed by atoms with Crippen molar-refractivity contribution in [2.45, 2.75) is 46.3 Å². The molecule has 0 radical (unpaired) electrons. The van der Waals surface area contributed by atoms with Crippen molar-refractivity contribution in [3.05, 3.63) is 0 Å². The van der Waals surface area contributed by atoms with Crippen LogP contribution in [0.2, 0.25) is 0 Å². The van der Waals surface area contributed by atoms with E-state index in [2.05, 4.69) is 16.2 Å². The standard InChI is InChI=1S/C10H19N3O4/c1-6(8(15)13-12-7(2)14)11-9(16)17-10(3,4)5/h6H,1-5H3,(H,11,16)(H,12,14)(H,13,15). The Labute approximate surface area is 100 Å². The van der Waals surface area contributed by atoms with Gasteiger partial charge in [-0.25, -0.2) is 4.79 Å². The van der Waals surface area contributed by atoms with E-state index in [9.17, 15) is 14.4 Å². The molecule has 0 aromatic rings. The van der Waals surface area contributed by atoms with Crippen LogP contribution in [0.1, 0.15) is 34.6 Å². The van der Waals surface area contributed by atoms with E-state index in [1.807, 2.05) is 0 Å². The number of amides is 3. The topological polar surface area (TPSA) is 96.5 Å². The van der Waals surface area contributed by atoms with Crippen LogP contribution < -0.4 is 16.2 Å². The quantitative estimate of drug-likeness (QED) is 0.600. The number of rotatable bonds is 2. The van der Waals surface area contributed by atoms with Gasteiger partial charge in [-0.1, -0.05) is 0 Å². The van der Waals surface area contributed by atoms with Crippen molar-refractivity contribution >= 4 is 17.9 Å². The molecule has 0 aliphatic carbocycles. The van der Waals surface area contributed by atoms with Gasteiger partial charge in [-0.3, -0.25) is 20.4 Å². The number of hydrogen-bond acceptors (Lipinski definition) is 4. The van der Waals surface area contributed by atoms with Crippen LogP contribution in [0.5, 0.6) is 0 Å². The Morgan fingerprint density at radius 3 is 2.06 bits per heavy atom. The van der Waals surface area contributed by atoms with Gasteiger partial charge in [0.15, 0.2) is 0 Å². The third-order valence-corrected chi connectivity index (χ3v) is 1.49. The molecule has 0 spiro atoms. The number of carbonyl (C=O) groups is 3. The van der Waals surface area contributed by atoms with E-state index in [0.29, 0.717) is 0 Å². The number of carbonyl (C=O) groups excluding carboxylic acids is 3. The van der Waals surface area contributed by atoms with E-state index in [4.69, 9.17) is 4.74 Å². The van der Waals surface area contributed by atoms with Crippen molar-refractivity contribution in [1.82, 2.24) is 16.2 Å². The molecule has 0 fully saturated rings. The van der Waals surface area contributed by atoms with Gasteiger partial charge in [0.05, 0.1) is 0 Å². The highest BCUT2D eigenvalue weighted by Gasteiger charge is 2.20. The molecule has 0 saturated heterocycles. The molecule has 98 valence electrons. The molecular formula is C10H19N3O4. The number of hydrogen-bond donors (Lipinski definition) is 3. The summed E-state index contributed by atoms with van der Waals surface area (Å²) in [7, 11) is 0. The Balaban J connectivity index is 4.08. The molecule has 0 bridgehead atoms. The molecule has 0 aliphatic heterocycles. The molecular weight excluding hydrogens is 226 g/mol. The molecule has 0 aliphatic rings. The fraction of sp³-hybridized carbons (Fsp3) is 0.700. The smallest absolute Gasteiger partial charge is 0.408 e. The lowest BCUT2D eigenvalue weighted by Crippen LogP contribution is -2.51. The maximum atomic E-state index is 11.4. The molecule has 17 heavy (non-hydrogen) atoms. The Kier molecular flexibility index (Phi) is 5.43. The average molecular weight is 245 g/mol. The van der Waals surface area contributed by atoms with Crippen molar-refractivity contribution in [3.63, 3.8) is 0 Å². The van der Waals surface area contributed by atoms with Gasteiger partial charge in [0.2, 0.25) is 5.91 Å². The molecule has 3 amide bonds. The molecule has 1 atom stereocenters. The summed E-state index contributed by atoms with van der Waals surface area (Å²) in [6.45, 7) is 7.88. The molecule has 3 N–H and O–H groups in total. The minimum Gasteiger partial charge on any atom is -0.444 e. The van der Waals surface area contributed by atoms with Crippen molar-refractivity contribution in [2.75, 3.05) is 0 Å². The number of hydrazine groups is 1. The van der Waals surface area contributed by atoms with Crippen molar-refractivity contribution in [3.8, 4) is 0 Å². The number of nitrogens with one attached hydrogen (secondary N) is 3. The van der Waals surface area contributed by atoms with Gasteiger partial charge in [-0.15, -0.1) is 0 Å². The first kappa shape index (κ1) is 15.2. The second-order valence-electron chi connectivity index (χ2n) is 4.54. The van der Waals surface area contributed by atoms with Crippen LogP contribution >= 0.6 is 0 Å². The predicted molar refractivity (Wildman–Crippen MR) is 60.8 cm³/mol. The SMILES string of the molecule is CC(=O)NNC(=O)C(C)NC(=O)OC(C)(C)C. The maximum absolute atomic E-state index is 11.4. The van der Waals surface area contributed by atoms with E-state index in [1.165, 1.54) is 13.8 Å². The van der Waals surface area contributed by atoms with Crippen LogP contribution in [-0.2, 0) is 14.3 Å². The normalized spacial score (nSPS) is 12.3. The minimum absolute atomic E-state index is 0.400. The Hall–Kier alpha value is -1.79. The third kappa shape index (κ3) is 8.06. The van der Waals surface area contributed by atoms with Crippen LogP contribution in [0.15, 0.2) is 0 Å². The molecule has 0 saturated carbocycles. The monoisotopic (exact) mass is 245 g/mol. The van der Waals surface area contributed by atoms with E-state index in [0.717, 1.165) is 0 Å². The first-order valence-electron chi connectivity index (χ1n) is 5.18. The van der Waals surface area contributed by atoms with Crippen LogP contribution in [0.4, 0.5) is 4.79 Å². The Morgan fingerprint density at radius 1 is 1.12 bits per heavy atom. The Bertz CT molecular complexity index is 309. The number of alkyl carbamates (subject to hydrolysis) is 1. The van der Waals surface area contributed by atoms with Crippen LogP contribution in [0.25, 0.3) is 0 Å². The summed E-state index contributed by atoms with van der Waals surface area (Å²) in [5.74, 6) is -0.936. The molecule has 0 aromatic heterocycles. The van der Waals surface area contributed by atoms with Crippen LogP contribution in [0, 0.1) is 0 Å². The van der Waals surface area contributed by atoms with Gasteiger partial charge < -0.3 is 10.1 Å². The van der Waals surface area contributed by atoms with Gasteiger partial charge in [0.25, 0.3) is 5.91 Å². The molecule has 7 heteroatoms. The summed E-state index contributed by atoms with van der Waals surface area (Å²) in [5, 5.41) is 2.34. The zero-order valence-electron chi connectivity index (χ0n) is 10.7. The highest BCUT2D eigenvalue weighted by molar-refractivity contribution is 5.87. The highest BCUT2D eigenvalue weighted by Crippen LogP contribution is 2.06. The summed E-state index contributed by atoms with van der Waals surface area (Å²) in [6.07, 6.45) is -0.692. The van der Waals surface area contributed by atoms with Crippen molar-refractivity contribution < 1.29 is 19.1 Å². The van der Waals surface area contributed by atoms with Gasteiger partial charge in [0.1, 0.15) is 11.6 Å². The summed E-state index contributed by atoms with van der Waals surface area (Å²) in [4.78, 5) is 33.2. The number of ether oxygens (including phenoxy) is 1. The predicted octanol–water partition coefficient (Wildman–Crippen LogP) is 0.0669. The molecule has 0 rings (SSSR count). The fourth-order valence-electron chi connectivity index (χ4n) is 0.808. The third-order valence-electron chi connectivity index (χ3n) is 1.49. The molecule has 7 nitrogen and oxygen atoms in total. The molecule has 0 aromatic carbocycles.